The van der Waals surface area contributed by atoms with Gasteiger partial charge >= 0.3 is 11.9 Å². The molecule has 0 radical (unpaired) electrons. The summed E-state index contributed by atoms with van der Waals surface area (Å²) in [5, 5.41) is 18.7. The van der Waals surface area contributed by atoms with E-state index in [2.05, 4.69) is 0 Å². The van der Waals surface area contributed by atoms with Crippen LogP contribution in [0.15, 0.2) is 30.3 Å². The lowest BCUT2D eigenvalue weighted by molar-refractivity contribution is -0.170. The van der Waals surface area contributed by atoms with Crippen molar-refractivity contribution in [2.75, 3.05) is 12.0 Å². The molecule has 6 heteroatoms. The van der Waals surface area contributed by atoms with Gasteiger partial charge in [0, 0.05) is 6.42 Å². The smallest absolute Gasteiger partial charge is 0.345 e. The van der Waals surface area contributed by atoms with Gasteiger partial charge in [0.2, 0.25) is 0 Å². The van der Waals surface area contributed by atoms with Crippen molar-refractivity contribution < 1.29 is 24.5 Å². The fourth-order valence-corrected chi connectivity index (χ4v) is 1.88. The first-order valence-corrected chi connectivity index (χ1v) is 7.11. The predicted molar refractivity (Wildman–Crippen MR) is 71.9 cm³/mol. The van der Waals surface area contributed by atoms with Crippen molar-refractivity contribution in [3.63, 3.8) is 0 Å². The summed E-state index contributed by atoms with van der Waals surface area (Å²) in [5.41, 5.74) is 0.376. The van der Waals surface area contributed by atoms with E-state index in [0.29, 0.717) is 11.3 Å². The second-order valence-electron chi connectivity index (χ2n) is 3.86. The van der Waals surface area contributed by atoms with E-state index in [1.807, 2.05) is 6.26 Å². The summed E-state index contributed by atoms with van der Waals surface area (Å²) in [6.45, 7) is 0. The van der Waals surface area contributed by atoms with Gasteiger partial charge in [0.1, 0.15) is 0 Å². The number of benzene rings is 1. The Morgan fingerprint density at radius 2 is 1.95 bits per heavy atom. The third-order valence-corrected chi connectivity index (χ3v) is 3.10. The van der Waals surface area contributed by atoms with Crippen LogP contribution < -0.4 is 0 Å². The molecule has 1 rings (SSSR count). The van der Waals surface area contributed by atoms with Gasteiger partial charge in [-0.25, -0.2) is 9.59 Å². The van der Waals surface area contributed by atoms with Crippen LogP contribution in [0.4, 0.5) is 0 Å². The Morgan fingerprint density at radius 1 is 1.32 bits per heavy atom. The van der Waals surface area contributed by atoms with Gasteiger partial charge in [0.25, 0.3) is 0 Å². The van der Waals surface area contributed by atoms with Gasteiger partial charge in [0.15, 0.2) is 12.2 Å². The predicted octanol–water partition coefficient (Wildman–Crippen LogP) is 1.47. The summed E-state index contributed by atoms with van der Waals surface area (Å²) in [6.07, 6.45) is -0.640. The summed E-state index contributed by atoms with van der Waals surface area (Å²) in [5.74, 6) is -1.59. The van der Waals surface area contributed by atoms with Crippen molar-refractivity contribution in [3.05, 3.63) is 35.9 Å². The maximum absolute atomic E-state index is 11.7. The number of thioether (sulfide) groups is 1. The van der Waals surface area contributed by atoms with E-state index in [1.54, 1.807) is 30.3 Å². The van der Waals surface area contributed by atoms with E-state index in [9.17, 15) is 14.7 Å². The number of aliphatic carboxylic acids is 1. The second kappa shape index (κ2) is 7.81. The molecule has 2 atom stereocenters. The Bertz CT molecular complexity index is 420. The zero-order chi connectivity index (χ0) is 14.3. The lowest BCUT2D eigenvalue weighted by Gasteiger charge is -2.16. The standard InChI is InChI=1S/C13H16O5S/c1-19-8-7-10(12(15)16)18-13(17)11(14)9-5-3-2-4-6-9/h2-6,10-11,14H,7-8H2,1H3,(H,15,16). The quantitative estimate of drug-likeness (QED) is 0.738. The van der Waals surface area contributed by atoms with Gasteiger partial charge in [0.05, 0.1) is 0 Å². The molecule has 0 aliphatic rings. The van der Waals surface area contributed by atoms with Crippen molar-refractivity contribution in [1.29, 1.82) is 0 Å². The number of hydrogen-bond acceptors (Lipinski definition) is 5. The largest absolute Gasteiger partial charge is 0.479 e. The molecule has 5 nitrogen and oxygen atoms in total. The van der Waals surface area contributed by atoms with Crippen molar-refractivity contribution >= 4 is 23.7 Å². The Hall–Kier alpha value is -1.53. The Morgan fingerprint density at radius 3 is 2.47 bits per heavy atom. The molecular formula is C13H16O5S. The maximum Gasteiger partial charge on any atom is 0.345 e. The van der Waals surface area contributed by atoms with Crippen LogP contribution in [-0.2, 0) is 14.3 Å². The lowest BCUT2D eigenvalue weighted by atomic mass is 10.1. The zero-order valence-corrected chi connectivity index (χ0v) is 11.3. The molecule has 0 heterocycles. The van der Waals surface area contributed by atoms with Crippen molar-refractivity contribution in [2.45, 2.75) is 18.6 Å². The van der Waals surface area contributed by atoms with Gasteiger partial charge in [-0.2, -0.15) is 11.8 Å². The molecule has 2 unspecified atom stereocenters. The molecule has 0 fully saturated rings. The normalized spacial score (nSPS) is 13.6. The van der Waals surface area contributed by atoms with Crippen molar-refractivity contribution in [2.24, 2.45) is 0 Å². The van der Waals surface area contributed by atoms with Crippen LogP contribution in [0.25, 0.3) is 0 Å². The highest BCUT2D eigenvalue weighted by molar-refractivity contribution is 7.98. The number of esters is 1. The number of carboxylic acids is 1. The minimum Gasteiger partial charge on any atom is -0.479 e. The molecule has 0 aromatic heterocycles. The monoisotopic (exact) mass is 284 g/mol. The van der Waals surface area contributed by atoms with Crippen LogP contribution in [0.3, 0.4) is 0 Å². The van der Waals surface area contributed by atoms with Gasteiger partial charge in [-0.3, -0.25) is 0 Å². The average molecular weight is 284 g/mol. The molecule has 1 aromatic rings. The van der Waals surface area contributed by atoms with E-state index in [1.165, 1.54) is 11.8 Å². The Balaban J connectivity index is 2.64. The number of aliphatic hydroxyl groups is 1. The summed E-state index contributed by atoms with van der Waals surface area (Å²) in [4.78, 5) is 22.6. The number of hydrogen-bond donors (Lipinski definition) is 2. The molecule has 0 bridgehead atoms. The molecule has 0 saturated carbocycles. The number of aliphatic hydroxyl groups excluding tert-OH is 1. The molecule has 2 N–H and O–H groups in total. The van der Waals surface area contributed by atoms with Gasteiger partial charge in [-0.15, -0.1) is 0 Å². The number of ether oxygens (including phenoxy) is 1. The number of carbonyl (C=O) groups excluding carboxylic acids is 1. The molecule has 0 aliphatic heterocycles. The fraction of sp³-hybridized carbons (Fsp3) is 0.385. The first kappa shape index (κ1) is 15.5. The van der Waals surface area contributed by atoms with Crippen LogP contribution in [0, 0.1) is 0 Å². The Kier molecular flexibility index (Phi) is 6.38. The van der Waals surface area contributed by atoms with Crippen LogP contribution in [0.2, 0.25) is 0 Å². The SMILES string of the molecule is CSCCC(OC(=O)C(O)c1ccccc1)C(=O)O. The van der Waals surface area contributed by atoms with Crippen molar-refractivity contribution in [1.82, 2.24) is 0 Å². The highest BCUT2D eigenvalue weighted by atomic mass is 32.2. The zero-order valence-electron chi connectivity index (χ0n) is 10.5. The fourth-order valence-electron chi connectivity index (χ4n) is 1.43. The maximum atomic E-state index is 11.7. The average Bonchev–Trinajstić information content (AvgIpc) is 2.43. The number of carboxylic acid groups (broad SMARTS) is 1. The van der Waals surface area contributed by atoms with Gasteiger partial charge in [-0.1, -0.05) is 30.3 Å². The summed E-state index contributed by atoms with van der Waals surface area (Å²) >= 11 is 1.46. The van der Waals surface area contributed by atoms with Crippen LogP contribution in [0.1, 0.15) is 18.1 Å². The van der Waals surface area contributed by atoms with Gasteiger partial charge in [-0.05, 0) is 17.6 Å². The van der Waals surface area contributed by atoms with E-state index in [4.69, 9.17) is 9.84 Å². The molecule has 104 valence electrons. The molecule has 0 spiro atoms. The van der Waals surface area contributed by atoms with E-state index >= 15 is 0 Å². The third kappa shape index (κ3) is 4.92. The second-order valence-corrected chi connectivity index (χ2v) is 4.84. The summed E-state index contributed by atoms with van der Waals surface area (Å²) in [6, 6.07) is 8.25. The topological polar surface area (TPSA) is 83.8 Å². The summed E-state index contributed by atoms with van der Waals surface area (Å²) in [7, 11) is 0. The molecule has 19 heavy (non-hydrogen) atoms. The number of rotatable bonds is 7. The van der Waals surface area contributed by atoms with Crippen LogP contribution in [-0.4, -0.2) is 40.3 Å². The first-order chi connectivity index (χ1) is 9.06. The highest BCUT2D eigenvalue weighted by Crippen LogP contribution is 2.16. The van der Waals surface area contributed by atoms with E-state index in [0.717, 1.165) is 0 Å². The molecular weight excluding hydrogens is 268 g/mol. The minimum atomic E-state index is -1.46. The first-order valence-electron chi connectivity index (χ1n) is 5.71. The lowest BCUT2D eigenvalue weighted by Crippen LogP contribution is -2.30. The van der Waals surface area contributed by atoms with Crippen LogP contribution in [0.5, 0.6) is 0 Å². The van der Waals surface area contributed by atoms with Gasteiger partial charge < -0.3 is 14.9 Å². The molecule has 0 saturated heterocycles. The number of carbonyl (C=O) groups is 2. The molecule has 1 aromatic carbocycles. The highest BCUT2D eigenvalue weighted by Gasteiger charge is 2.26. The van der Waals surface area contributed by atoms with E-state index < -0.39 is 24.1 Å². The Labute approximate surface area is 115 Å². The van der Waals surface area contributed by atoms with Crippen LogP contribution >= 0.6 is 11.8 Å². The molecule has 0 amide bonds. The van der Waals surface area contributed by atoms with Crippen molar-refractivity contribution in [3.8, 4) is 0 Å². The summed E-state index contributed by atoms with van der Waals surface area (Å²) < 4.78 is 4.83. The third-order valence-electron chi connectivity index (χ3n) is 2.46. The minimum absolute atomic E-state index is 0.212. The molecule has 0 aliphatic carbocycles. The van der Waals surface area contributed by atoms with E-state index in [-0.39, 0.29) is 6.42 Å².